The van der Waals surface area contributed by atoms with E-state index in [0.29, 0.717) is 16.3 Å². The van der Waals surface area contributed by atoms with E-state index in [-0.39, 0.29) is 17.7 Å². The molecule has 0 saturated carbocycles. The van der Waals surface area contributed by atoms with Crippen LogP contribution < -0.4 is 5.32 Å². The van der Waals surface area contributed by atoms with Gasteiger partial charge in [-0.3, -0.25) is 0 Å². The number of aliphatic hydroxyl groups is 1. The molecule has 0 heterocycles. The Morgan fingerprint density at radius 3 is 2.33 bits per heavy atom. The Morgan fingerprint density at radius 1 is 0.949 bits per heavy atom. The summed E-state index contributed by atoms with van der Waals surface area (Å²) in [5.41, 5.74) is 1.90. The van der Waals surface area contributed by atoms with Crippen LogP contribution in [-0.4, -0.2) is 45.2 Å². The Bertz CT molecular complexity index is 1450. The Morgan fingerprint density at radius 2 is 1.62 bits per heavy atom. The van der Waals surface area contributed by atoms with Gasteiger partial charge in [-0.05, 0) is 79.4 Å². The number of hydrogen-bond donors (Lipinski definition) is 3. The van der Waals surface area contributed by atoms with Crippen LogP contribution in [0.2, 0.25) is 0 Å². The molecule has 0 aromatic heterocycles. The number of carbonyl (C=O) groups is 1. The van der Waals surface area contributed by atoms with Crippen LogP contribution in [0.15, 0.2) is 101 Å². The van der Waals surface area contributed by atoms with Crippen molar-refractivity contribution in [2.24, 2.45) is 0 Å². The average Bonchev–Trinajstić information content (AvgIpc) is 2.94. The minimum atomic E-state index is -1.51. The average molecular weight is 546 g/mol. The number of carboxylic acid groups (broad SMARTS) is 1. The summed E-state index contributed by atoms with van der Waals surface area (Å²) in [7, 11) is -1.51. The van der Waals surface area contributed by atoms with Gasteiger partial charge in [-0.1, -0.05) is 60.7 Å². The first-order valence-corrected chi connectivity index (χ1v) is 14.1. The number of hydrogen-bond acceptors (Lipinski definition) is 5. The van der Waals surface area contributed by atoms with Gasteiger partial charge in [0, 0.05) is 21.9 Å². The number of nitrogens with one attached hydrogen (secondary N) is 1. The lowest BCUT2D eigenvalue weighted by atomic mass is 9.93. The number of ether oxygens (including phenoxy) is 1. The van der Waals surface area contributed by atoms with Gasteiger partial charge in [0.05, 0.1) is 35.2 Å². The zero-order valence-corrected chi connectivity index (χ0v) is 23.3. The lowest BCUT2D eigenvalue weighted by Gasteiger charge is -2.28. The predicted molar refractivity (Wildman–Crippen MR) is 155 cm³/mol. The lowest BCUT2D eigenvalue weighted by molar-refractivity contribution is -0.00514. The highest BCUT2D eigenvalue weighted by molar-refractivity contribution is 7.85. The zero-order chi connectivity index (χ0) is 28.0. The van der Waals surface area contributed by atoms with Crippen LogP contribution >= 0.6 is 0 Å². The van der Waals surface area contributed by atoms with Crippen molar-refractivity contribution in [3.63, 3.8) is 0 Å². The largest absolute Gasteiger partial charge is 0.478 e. The quantitative estimate of drug-likeness (QED) is 0.210. The van der Waals surface area contributed by atoms with Gasteiger partial charge in [-0.2, -0.15) is 0 Å². The number of aromatic carboxylic acids is 1. The summed E-state index contributed by atoms with van der Waals surface area (Å²) in [6, 6.07) is 28.1. The highest BCUT2D eigenvalue weighted by Gasteiger charge is 2.21. The van der Waals surface area contributed by atoms with Crippen molar-refractivity contribution in [3.05, 3.63) is 108 Å². The van der Waals surface area contributed by atoms with E-state index in [4.69, 9.17) is 9.84 Å². The van der Waals surface area contributed by atoms with Gasteiger partial charge in [0.1, 0.15) is 0 Å². The maximum atomic E-state index is 13.3. The van der Waals surface area contributed by atoms with Crippen molar-refractivity contribution in [2.45, 2.75) is 54.7 Å². The third-order valence-electron chi connectivity index (χ3n) is 6.69. The predicted octanol–water partition coefficient (Wildman–Crippen LogP) is 5.75. The monoisotopic (exact) mass is 545 g/mol. The van der Waals surface area contributed by atoms with Crippen LogP contribution in [0.1, 0.15) is 48.4 Å². The van der Waals surface area contributed by atoms with Crippen molar-refractivity contribution in [1.82, 2.24) is 5.32 Å². The van der Waals surface area contributed by atoms with E-state index >= 15 is 0 Å². The molecule has 0 radical (unpaired) electrons. The Kier molecular flexibility index (Phi) is 9.30. The van der Waals surface area contributed by atoms with Gasteiger partial charge >= 0.3 is 5.97 Å². The SMILES string of the molecule is CC(OC[C@H](O)CNC(C)(C)Cc1ccc2ccccc2c1)c1ccccc1S(=O)c1ccc(C(=O)O)cc1. The fourth-order valence-corrected chi connectivity index (χ4v) is 5.84. The summed E-state index contributed by atoms with van der Waals surface area (Å²) in [6.07, 6.45) is -0.303. The highest BCUT2D eigenvalue weighted by Crippen LogP contribution is 2.27. The molecule has 4 rings (SSSR count). The van der Waals surface area contributed by atoms with Crippen molar-refractivity contribution in [2.75, 3.05) is 13.2 Å². The molecule has 4 aromatic rings. The van der Waals surface area contributed by atoms with E-state index in [1.54, 1.807) is 18.2 Å². The van der Waals surface area contributed by atoms with Crippen LogP contribution in [0.5, 0.6) is 0 Å². The molecule has 0 amide bonds. The molecule has 7 heteroatoms. The number of aliphatic hydroxyl groups excluding tert-OH is 1. The first-order chi connectivity index (χ1) is 18.6. The number of benzene rings is 4. The molecular weight excluding hydrogens is 510 g/mol. The molecule has 4 aromatic carbocycles. The number of β-amino-alcohol motifs (C(OH)–C–C–N with tert-alkyl or cyclic N) is 1. The standard InChI is InChI=1S/C32H35NO5S/c1-22(29-10-6-7-11-30(29)39(37)28-16-14-25(15-17-28)31(35)36)38-21-27(34)20-33-32(2,3)19-23-12-13-24-8-4-5-9-26(24)18-23/h4-18,22,27,33-34H,19-21H2,1-3H3,(H,35,36)/t22?,27-,39?/m1/s1. The second-order valence-electron chi connectivity index (χ2n) is 10.4. The molecule has 204 valence electrons. The summed E-state index contributed by atoms with van der Waals surface area (Å²) in [5, 5.41) is 25.7. The Labute approximate surface area is 232 Å². The topological polar surface area (TPSA) is 95.9 Å². The third-order valence-corrected chi connectivity index (χ3v) is 8.16. The molecule has 3 atom stereocenters. The van der Waals surface area contributed by atoms with E-state index < -0.39 is 29.0 Å². The molecule has 2 unspecified atom stereocenters. The maximum absolute atomic E-state index is 13.3. The molecule has 39 heavy (non-hydrogen) atoms. The van der Waals surface area contributed by atoms with Crippen LogP contribution in [-0.2, 0) is 22.0 Å². The molecule has 6 nitrogen and oxygen atoms in total. The minimum Gasteiger partial charge on any atom is -0.478 e. The smallest absolute Gasteiger partial charge is 0.335 e. The molecule has 3 N–H and O–H groups in total. The van der Waals surface area contributed by atoms with E-state index in [0.717, 1.165) is 12.0 Å². The Hall–Kier alpha value is -3.36. The first-order valence-electron chi connectivity index (χ1n) is 13.0. The van der Waals surface area contributed by atoms with Crippen molar-refractivity contribution in [1.29, 1.82) is 0 Å². The Balaban J connectivity index is 1.32. The van der Waals surface area contributed by atoms with Gasteiger partial charge in [0.2, 0.25) is 0 Å². The van der Waals surface area contributed by atoms with Gasteiger partial charge in [-0.25, -0.2) is 9.00 Å². The van der Waals surface area contributed by atoms with E-state index in [1.165, 1.54) is 28.5 Å². The van der Waals surface area contributed by atoms with Crippen molar-refractivity contribution in [3.8, 4) is 0 Å². The van der Waals surface area contributed by atoms with E-state index in [1.807, 2.05) is 37.3 Å². The number of rotatable bonds is 12. The fourth-order valence-electron chi connectivity index (χ4n) is 4.55. The van der Waals surface area contributed by atoms with Crippen molar-refractivity contribution < 1.29 is 24.0 Å². The van der Waals surface area contributed by atoms with Crippen molar-refractivity contribution >= 4 is 27.5 Å². The molecule has 0 fully saturated rings. The van der Waals surface area contributed by atoms with Crippen LogP contribution in [0.25, 0.3) is 10.8 Å². The summed E-state index contributed by atoms with van der Waals surface area (Å²) in [6.45, 7) is 6.60. The first kappa shape index (κ1) is 28.6. The van der Waals surface area contributed by atoms with Gasteiger partial charge in [-0.15, -0.1) is 0 Å². The fraction of sp³-hybridized carbons (Fsp3) is 0.281. The summed E-state index contributed by atoms with van der Waals surface area (Å²) in [5.74, 6) is -1.03. The summed E-state index contributed by atoms with van der Waals surface area (Å²) in [4.78, 5) is 12.2. The summed E-state index contributed by atoms with van der Waals surface area (Å²) < 4.78 is 19.3. The van der Waals surface area contributed by atoms with Gasteiger partial charge in [0.15, 0.2) is 0 Å². The second kappa shape index (κ2) is 12.7. The van der Waals surface area contributed by atoms with Crippen LogP contribution in [0, 0.1) is 0 Å². The molecular formula is C32H35NO5S. The molecule has 0 aliphatic rings. The summed E-state index contributed by atoms with van der Waals surface area (Å²) >= 11 is 0. The van der Waals surface area contributed by atoms with Crippen LogP contribution in [0.3, 0.4) is 0 Å². The van der Waals surface area contributed by atoms with E-state index in [2.05, 4.69) is 49.5 Å². The zero-order valence-electron chi connectivity index (χ0n) is 22.5. The third kappa shape index (κ3) is 7.61. The van der Waals surface area contributed by atoms with Gasteiger partial charge in [0.25, 0.3) is 0 Å². The molecule has 0 aliphatic heterocycles. The second-order valence-corrected chi connectivity index (χ2v) is 11.8. The highest BCUT2D eigenvalue weighted by atomic mass is 32.2. The molecule has 0 aliphatic carbocycles. The minimum absolute atomic E-state index is 0.120. The lowest BCUT2D eigenvalue weighted by Crippen LogP contribution is -2.46. The van der Waals surface area contributed by atoms with Gasteiger partial charge < -0.3 is 20.3 Å². The van der Waals surface area contributed by atoms with Crippen LogP contribution in [0.4, 0.5) is 0 Å². The number of fused-ring (bicyclic) bond motifs is 1. The maximum Gasteiger partial charge on any atom is 0.335 e. The normalized spacial score (nSPS) is 14.2. The molecule has 0 saturated heterocycles. The number of carboxylic acids is 1. The molecule has 0 spiro atoms. The van der Waals surface area contributed by atoms with E-state index in [9.17, 15) is 14.1 Å². The molecule has 0 bridgehead atoms.